The minimum atomic E-state index is 0.730. The molecule has 0 aromatic heterocycles. The molecule has 3 N–H and O–H groups in total. The molecule has 3 unspecified atom stereocenters. The van der Waals surface area contributed by atoms with Crippen molar-refractivity contribution in [2.75, 3.05) is 0 Å². The number of hydrogen-bond acceptors (Lipinski definition) is 0. The van der Waals surface area contributed by atoms with E-state index in [4.69, 9.17) is 0 Å². The third kappa shape index (κ3) is 1.45. The Kier molecular flexibility index (Phi) is 2.12. The topological polar surface area (TPSA) is 27.6 Å². The van der Waals surface area contributed by atoms with Crippen molar-refractivity contribution in [1.82, 2.24) is 0 Å². The van der Waals surface area contributed by atoms with Gasteiger partial charge >= 0.3 is 0 Å². The molecule has 3 atom stereocenters. The van der Waals surface area contributed by atoms with Crippen molar-refractivity contribution in [3.63, 3.8) is 0 Å². The molecule has 1 fully saturated rings. The zero-order valence-electron chi connectivity index (χ0n) is 6.56. The van der Waals surface area contributed by atoms with Gasteiger partial charge < -0.3 is 5.73 Å². The maximum Gasteiger partial charge on any atom is 0.0871 e. The highest BCUT2D eigenvalue weighted by Gasteiger charge is 2.26. The fraction of sp³-hybridized carbons (Fsp3) is 1.00. The summed E-state index contributed by atoms with van der Waals surface area (Å²) in [7, 11) is 0. The molecule has 0 saturated heterocycles. The molecule has 9 heavy (non-hydrogen) atoms. The molecular formula is C8H18N+. The summed E-state index contributed by atoms with van der Waals surface area (Å²) in [6.07, 6.45) is 4.18. The summed E-state index contributed by atoms with van der Waals surface area (Å²) >= 11 is 0. The summed E-state index contributed by atoms with van der Waals surface area (Å²) in [6.45, 7) is 4.68. The van der Waals surface area contributed by atoms with Crippen LogP contribution in [0.4, 0.5) is 0 Å². The highest BCUT2D eigenvalue weighted by atomic mass is 14.7. The van der Waals surface area contributed by atoms with E-state index in [1.165, 1.54) is 19.3 Å². The molecule has 0 amide bonds. The maximum atomic E-state index is 4.13. The SMILES string of the molecule is CC1CCCC([NH3+])C1C. The van der Waals surface area contributed by atoms with Crippen molar-refractivity contribution in [2.45, 2.75) is 39.2 Å². The van der Waals surface area contributed by atoms with Crippen molar-refractivity contribution in [3.05, 3.63) is 0 Å². The van der Waals surface area contributed by atoms with E-state index in [0.29, 0.717) is 0 Å². The normalized spacial score (nSPS) is 45.0. The molecule has 1 saturated carbocycles. The van der Waals surface area contributed by atoms with Gasteiger partial charge in [0.15, 0.2) is 0 Å². The Morgan fingerprint density at radius 2 is 1.89 bits per heavy atom. The molecule has 0 radical (unpaired) electrons. The molecule has 1 rings (SSSR count). The first kappa shape index (κ1) is 7.07. The van der Waals surface area contributed by atoms with Crippen LogP contribution in [0.25, 0.3) is 0 Å². The van der Waals surface area contributed by atoms with Crippen molar-refractivity contribution < 1.29 is 5.73 Å². The van der Waals surface area contributed by atoms with E-state index in [-0.39, 0.29) is 0 Å². The van der Waals surface area contributed by atoms with Crippen LogP contribution in [0.3, 0.4) is 0 Å². The third-order valence-corrected chi connectivity index (χ3v) is 2.88. The lowest BCUT2D eigenvalue weighted by Gasteiger charge is -2.28. The maximum absolute atomic E-state index is 4.13. The molecule has 0 heterocycles. The van der Waals surface area contributed by atoms with Crippen LogP contribution in [0.2, 0.25) is 0 Å². The zero-order chi connectivity index (χ0) is 6.85. The first-order chi connectivity index (χ1) is 4.22. The van der Waals surface area contributed by atoms with Crippen LogP contribution in [0.5, 0.6) is 0 Å². The molecular weight excluding hydrogens is 110 g/mol. The number of hydrogen-bond donors (Lipinski definition) is 1. The molecule has 54 valence electrons. The molecule has 1 aliphatic carbocycles. The quantitative estimate of drug-likeness (QED) is 0.505. The lowest BCUT2D eigenvalue weighted by atomic mass is 9.78. The summed E-state index contributed by atoms with van der Waals surface area (Å²) in [5.74, 6) is 1.78. The Bertz CT molecular complexity index is 80.6. The Hall–Kier alpha value is -0.0400. The predicted molar refractivity (Wildman–Crippen MR) is 38.9 cm³/mol. The second-order valence-electron chi connectivity index (χ2n) is 3.53. The highest BCUT2D eigenvalue weighted by molar-refractivity contribution is 4.74. The summed E-state index contributed by atoms with van der Waals surface area (Å²) in [5, 5.41) is 0. The number of rotatable bonds is 0. The Labute approximate surface area is 57.6 Å². The lowest BCUT2D eigenvalue weighted by Crippen LogP contribution is -2.65. The van der Waals surface area contributed by atoms with Crippen LogP contribution < -0.4 is 5.73 Å². The summed E-state index contributed by atoms with van der Waals surface area (Å²) in [6, 6.07) is 0.730. The second-order valence-corrected chi connectivity index (χ2v) is 3.53. The van der Waals surface area contributed by atoms with Gasteiger partial charge in [-0.15, -0.1) is 0 Å². The first-order valence-electron chi connectivity index (χ1n) is 4.05. The molecule has 1 heteroatoms. The van der Waals surface area contributed by atoms with Gasteiger partial charge in [-0.2, -0.15) is 0 Å². The van der Waals surface area contributed by atoms with Crippen LogP contribution in [0, 0.1) is 11.8 Å². The average Bonchev–Trinajstić information content (AvgIpc) is 1.83. The van der Waals surface area contributed by atoms with Crippen LogP contribution in [0.15, 0.2) is 0 Å². The Morgan fingerprint density at radius 3 is 2.33 bits per heavy atom. The van der Waals surface area contributed by atoms with Crippen LogP contribution in [0.1, 0.15) is 33.1 Å². The van der Waals surface area contributed by atoms with Gasteiger partial charge in [-0.1, -0.05) is 13.8 Å². The molecule has 0 aromatic carbocycles. The standard InChI is InChI=1S/C8H17N/c1-6-4-3-5-8(9)7(6)2/h6-8H,3-5,9H2,1-2H3/p+1. The van der Waals surface area contributed by atoms with E-state index < -0.39 is 0 Å². The van der Waals surface area contributed by atoms with Gasteiger partial charge in [0.2, 0.25) is 0 Å². The summed E-state index contributed by atoms with van der Waals surface area (Å²) < 4.78 is 0. The van der Waals surface area contributed by atoms with E-state index in [1.807, 2.05) is 0 Å². The molecule has 0 aliphatic heterocycles. The van der Waals surface area contributed by atoms with E-state index in [1.54, 1.807) is 0 Å². The first-order valence-corrected chi connectivity index (χ1v) is 4.05. The largest absolute Gasteiger partial charge is 0.355 e. The highest BCUT2D eigenvalue weighted by Crippen LogP contribution is 2.26. The van der Waals surface area contributed by atoms with Gasteiger partial charge in [-0.25, -0.2) is 0 Å². The van der Waals surface area contributed by atoms with Crippen LogP contribution >= 0.6 is 0 Å². The Balaban J connectivity index is 2.41. The van der Waals surface area contributed by atoms with Gasteiger partial charge in [0.25, 0.3) is 0 Å². The minimum absolute atomic E-state index is 0.730. The Morgan fingerprint density at radius 1 is 1.22 bits per heavy atom. The average molecular weight is 128 g/mol. The summed E-state index contributed by atoms with van der Waals surface area (Å²) in [4.78, 5) is 0. The summed E-state index contributed by atoms with van der Waals surface area (Å²) in [5.41, 5.74) is 4.13. The van der Waals surface area contributed by atoms with E-state index in [0.717, 1.165) is 17.9 Å². The number of quaternary nitrogens is 1. The van der Waals surface area contributed by atoms with Gasteiger partial charge in [0.1, 0.15) is 0 Å². The van der Waals surface area contributed by atoms with E-state index in [2.05, 4.69) is 19.6 Å². The smallest absolute Gasteiger partial charge is 0.0871 e. The van der Waals surface area contributed by atoms with Crippen molar-refractivity contribution >= 4 is 0 Å². The predicted octanol–water partition coefficient (Wildman–Crippen LogP) is 1.05. The molecule has 0 spiro atoms. The van der Waals surface area contributed by atoms with Crippen molar-refractivity contribution in [1.29, 1.82) is 0 Å². The lowest BCUT2D eigenvalue weighted by molar-refractivity contribution is -0.440. The third-order valence-electron chi connectivity index (χ3n) is 2.88. The van der Waals surface area contributed by atoms with Gasteiger partial charge in [-0.3, -0.25) is 0 Å². The van der Waals surface area contributed by atoms with Crippen molar-refractivity contribution in [2.24, 2.45) is 11.8 Å². The van der Waals surface area contributed by atoms with E-state index in [9.17, 15) is 0 Å². The fourth-order valence-corrected chi connectivity index (χ4v) is 1.69. The van der Waals surface area contributed by atoms with Gasteiger partial charge in [-0.05, 0) is 25.2 Å². The molecule has 1 nitrogen and oxygen atoms in total. The molecule has 0 aromatic rings. The van der Waals surface area contributed by atoms with Crippen LogP contribution in [-0.2, 0) is 0 Å². The molecule has 1 aliphatic rings. The monoisotopic (exact) mass is 128 g/mol. The van der Waals surface area contributed by atoms with E-state index >= 15 is 0 Å². The van der Waals surface area contributed by atoms with Gasteiger partial charge in [0.05, 0.1) is 6.04 Å². The van der Waals surface area contributed by atoms with Crippen molar-refractivity contribution in [3.8, 4) is 0 Å². The minimum Gasteiger partial charge on any atom is -0.355 e. The fourth-order valence-electron chi connectivity index (χ4n) is 1.69. The molecule has 0 bridgehead atoms. The zero-order valence-corrected chi connectivity index (χ0v) is 6.56. The van der Waals surface area contributed by atoms with Gasteiger partial charge in [0, 0.05) is 5.92 Å². The van der Waals surface area contributed by atoms with Crippen LogP contribution in [-0.4, -0.2) is 6.04 Å². The second kappa shape index (κ2) is 2.70.